The summed E-state index contributed by atoms with van der Waals surface area (Å²) in [5.41, 5.74) is 3.33. The summed E-state index contributed by atoms with van der Waals surface area (Å²) in [7, 11) is 1.63. The van der Waals surface area contributed by atoms with Gasteiger partial charge in [0, 0.05) is 24.2 Å². The van der Waals surface area contributed by atoms with Gasteiger partial charge in [0.15, 0.2) is 0 Å². The van der Waals surface area contributed by atoms with Crippen LogP contribution < -0.4 is 11.3 Å². The second-order valence-electron chi connectivity index (χ2n) is 4.20. The van der Waals surface area contributed by atoms with E-state index in [-0.39, 0.29) is 11.9 Å². The van der Waals surface area contributed by atoms with Gasteiger partial charge in [0.2, 0.25) is 0 Å². The van der Waals surface area contributed by atoms with Crippen molar-refractivity contribution >= 4 is 15.9 Å². The molecule has 1 rings (SSSR count). The fourth-order valence-corrected chi connectivity index (χ4v) is 2.09. The van der Waals surface area contributed by atoms with E-state index in [0.717, 1.165) is 4.47 Å². The predicted octanol–water partition coefficient (Wildman–Crippen LogP) is 2.02. The monoisotopic (exact) mass is 334 g/mol. The minimum Gasteiger partial charge on any atom is -0.382 e. The molecule has 1 atom stereocenters. The molecule has 1 aromatic rings. The minimum absolute atomic E-state index is 0.0219. The molecule has 0 spiro atoms. The molecule has 0 aliphatic heterocycles. The molecule has 0 fully saturated rings. The van der Waals surface area contributed by atoms with Crippen molar-refractivity contribution in [1.29, 1.82) is 0 Å². The van der Waals surface area contributed by atoms with Crippen LogP contribution in [-0.2, 0) is 15.9 Å². The molecule has 0 saturated heterocycles. The van der Waals surface area contributed by atoms with E-state index in [1.807, 2.05) is 0 Å². The van der Waals surface area contributed by atoms with Gasteiger partial charge < -0.3 is 9.47 Å². The van der Waals surface area contributed by atoms with E-state index in [1.165, 1.54) is 6.07 Å². The van der Waals surface area contributed by atoms with Crippen molar-refractivity contribution in [3.63, 3.8) is 0 Å². The Hall–Kier alpha value is -0.530. The number of nitrogens with two attached hydrogens (primary N) is 1. The molecule has 19 heavy (non-hydrogen) atoms. The van der Waals surface area contributed by atoms with Crippen molar-refractivity contribution in [2.24, 2.45) is 5.84 Å². The minimum atomic E-state index is -0.219. The number of rotatable bonds is 9. The lowest BCUT2D eigenvalue weighted by molar-refractivity contribution is 0.0658. The van der Waals surface area contributed by atoms with E-state index in [9.17, 15) is 4.39 Å². The van der Waals surface area contributed by atoms with Gasteiger partial charge in [-0.3, -0.25) is 11.3 Å². The van der Waals surface area contributed by atoms with E-state index in [4.69, 9.17) is 15.3 Å². The Morgan fingerprint density at radius 3 is 2.84 bits per heavy atom. The normalized spacial score (nSPS) is 12.6. The van der Waals surface area contributed by atoms with Gasteiger partial charge in [-0.1, -0.05) is 15.9 Å². The number of hydrazine groups is 1. The van der Waals surface area contributed by atoms with Crippen molar-refractivity contribution in [2.45, 2.75) is 18.9 Å². The summed E-state index contributed by atoms with van der Waals surface area (Å²) >= 11 is 3.33. The zero-order valence-corrected chi connectivity index (χ0v) is 12.6. The maximum Gasteiger partial charge on any atom is 0.126 e. The van der Waals surface area contributed by atoms with E-state index in [1.54, 1.807) is 19.2 Å². The lowest BCUT2D eigenvalue weighted by Crippen LogP contribution is -2.38. The van der Waals surface area contributed by atoms with Crippen molar-refractivity contribution in [3.05, 3.63) is 34.1 Å². The van der Waals surface area contributed by atoms with Crippen LogP contribution in [0, 0.1) is 5.82 Å². The Balaban J connectivity index is 2.41. The van der Waals surface area contributed by atoms with Crippen molar-refractivity contribution in [1.82, 2.24) is 5.43 Å². The highest BCUT2D eigenvalue weighted by Gasteiger charge is 2.11. The molecule has 0 saturated carbocycles. The van der Waals surface area contributed by atoms with Gasteiger partial charge >= 0.3 is 0 Å². The molecule has 4 nitrogen and oxygen atoms in total. The van der Waals surface area contributed by atoms with Crippen molar-refractivity contribution in [2.75, 3.05) is 26.9 Å². The Morgan fingerprint density at radius 1 is 1.37 bits per heavy atom. The van der Waals surface area contributed by atoms with E-state index in [2.05, 4.69) is 21.4 Å². The quantitative estimate of drug-likeness (QED) is 0.412. The van der Waals surface area contributed by atoms with Crippen molar-refractivity contribution < 1.29 is 13.9 Å². The Labute approximate surface area is 121 Å². The molecule has 0 heterocycles. The topological polar surface area (TPSA) is 56.5 Å². The molecular weight excluding hydrogens is 315 g/mol. The average Bonchev–Trinajstić information content (AvgIpc) is 2.41. The van der Waals surface area contributed by atoms with Gasteiger partial charge in [-0.15, -0.1) is 0 Å². The number of hydrogen-bond donors (Lipinski definition) is 2. The zero-order valence-electron chi connectivity index (χ0n) is 11.0. The zero-order chi connectivity index (χ0) is 14.1. The van der Waals surface area contributed by atoms with Crippen molar-refractivity contribution in [3.8, 4) is 0 Å². The Kier molecular flexibility index (Phi) is 8.16. The number of ether oxygens (including phenoxy) is 2. The fraction of sp³-hybridized carbons (Fsp3) is 0.538. The highest BCUT2D eigenvalue weighted by Crippen LogP contribution is 2.17. The van der Waals surface area contributed by atoms with Gasteiger partial charge in [-0.2, -0.15) is 0 Å². The summed E-state index contributed by atoms with van der Waals surface area (Å²) in [4.78, 5) is 0. The smallest absolute Gasteiger partial charge is 0.126 e. The first-order valence-corrected chi connectivity index (χ1v) is 6.93. The molecule has 6 heteroatoms. The number of benzene rings is 1. The van der Waals surface area contributed by atoms with Gasteiger partial charge in [-0.05, 0) is 36.6 Å². The molecule has 108 valence electrons. The van der Waals surface area contributed by atoms with Crippen LogP contribution in [-0.4, -0.2) is 33.0 Å². The van der Waals surface area contributed by atoms with Crippen LogP contribution in [0.5, 0.6) is 0 Å². The van der Waals surface area contributed by atoms with Crippen LogP contribution in [0.4, 0.5) is 4.39 Å². The second kappa shape index (κ2) is 9.39. The summed E-state index contributed by atoms with van der Waals surface area (Å²) in [5.74, 6) is 5.27. The number of hydrogen-bond acceptors (Lipinski definition) is 4. The van der Waals surface area contributed by atoms with E-state index >= 15 is 0 Å². The maximum atomic E-state index is 13.6. The molecule has 0 aromatic heterocycles. The lowest BCUT2D eigenvalue weighted by Gasteiger charge is -2.16. The fourth-order valence-electron chi connectivity index (χ4n) is 1.68. The van der Waals surface area contributed by atoms with Crippen LogP contribution in [0.25, 0.3) is 0 Å². The molecule has 0 radical (unpaired) electrons. The third-order valence-corrected chi connectivity index (χ3v) is 3.25. The average molecular weight is 335 g/mol. The largest absolute Gasteiger partial charge is 0.382 e. The Bertz CT molecular complexity index is 380. The third kappa shape index (κ3) is 6.44. The first kappa shape index (κ1) is 16.5. The molecular formula is C13H20BrFN2O2. The van der Waals surface area contributed by atoms with Crippen LogP contribution in [0.3, 0.4) is 0 Å². The highest BCUT2D eigenvalue weighted by molar-refractivity contribution is 9.10. The number of nitrogens with one attached hydrogen (secondary N) is 1. The maximum absolute atomic E-state index is 13.6. The second-order valence-corrected chi connectivity index (χ2v) is 5.11. The third-order valence-electron chi connectivity index (χ3n) is 2.75. The molecule has 0 aliphatic rings. The van der Waals surface area contributed by atoms with Crippen LogP contribution in [0.1, 0.15) is 12.0 Å². The summed E-state index contributed by atoms with van der Waals surface area (Å²) in [6, 6.07) is 4.87. The summed E-state index contributed by atoms with van der Waals surface area (Å²) < 4.78 is 24.7. The van der Waals surface area contributed by atoms with Gasteiger partial charge in [-0.25, -0.2) is 4.39 Å². The van der Waals surface area contributed by atoms with Gasteiger partial charge in [0.05, 0.1) is 13.2 Å². The first-order valence-electron chi connectivity index (χ1n) is 6.14. The summed E-state index contributed by atoms with van der Waals surface area (Å²) in [6.45, 7) is 1.69. The molecule has 3 N–H and O–H groups in total. The SMILES string of the molecule is COCCOCCC(Cc1cc(Br)ccc1F)NN. The molecule has 0 bridgehead atoms. The summed E-state index contributed by atoms with van der Waals surface area (Å²) in [6.07, 6.45) is 1.24. The van der Waals surface area contributed by atoms with E-state index in [0.29, 0.717) is 38.2 Å². The predicted molar refractivity (Wildman–Crippen MR) is 76.2 cm³/mol. The highest BCUT2D eigenvalue weighted by atomic mass is 79.9. The number of methoxy groups -OCH3 is 1. The molecule has 1 unspecified atom stereocenters. The first-order chi connectivity index (χ1) is 9.17. The van der Waals surface area contributed by atoms with Gasteiger partial charge in [0.1, 0.15) is 5.82 Å². The van der Waals surface area contributed by atoms with Crippen LogP contribution >= 0.6 is 15.9 Å². The van der Waals surface area contributed by atoms with Gasteiger partial charge in [0.25, 0.3) is 0 Å². The van der Waals surface area contributed by atoms with Crippen LogP contribution in [0.2, 0.25) is 0 Å². The van der Waals surface area contributed by atoms with E-state index < -0.39 is 0 Å². The lowest BCUT2D eigenvalue weighted by atomic mass is 10.0. The number of halogens is 2. The van der Waals surface area contributed by atoms with Crippen LogP contribution in [0.15, 0.2) is 22.7 Å². The Morgan fingerprint density at radius 2 is 2.16 bits per heavy atom. The summed E-state index contributed by atoms with van der Waals surface area (Å²) in [5, 5.41) is 0. The molecule has 0 amide bonds. The molecule has 0 aliphatic carbocycles. The molecule has 1 aromatic carbocycles. The standard InChI is InChI=1S/C13H20BrFN2O2/c1-18-6-7-19-5-4-12(17-16)9-10-8-11(14)2-3-13(10)15/h2-3,8,12,17H,4-7,9,16H2,1H3.